The summed E-state index contributed by atoms with van der Waals surface area (Å²) in [5.41, 5.74) is 17.3. The van der Waals surface area contributed by atoms with E-state index in [1.54, 1.807) is 6.08 Å². The van der Waals surface area contributed by atoms with Crippen LogP contribution in [0.3, 0.4) is 0 Å². The van der Waals surface area contributed by atoms with Crippen molar-refractivity contribution in [3.63, 3.8) is 0 Å². The van der Waals surface area contributed by atoms with Gasteiger partial charge in [0.05, 0.1) is 26.4 Å². The van der Waals surface area contributed by atoms with Gasteiger partial charge in [-0.3, -0.25) is 18.9 Å². The van der Waals surface area contributed by atoms with Crippen LogP contribution in [0, 0.1) is 0 Å². The highest BCUT2D eigenvalue weighted by atomic mass is 31.2. The Morgan fingerprint density at radius 3 is 1.93 bits per heavy atom. The number of ether oxygens (including phenoxy) is 6. The number of allylic oxidation sites excluding steroid dienone is 5. The summed E-state index contributed by atoms with van der Waals surface area (Å²) >= 11 is 0. The van der Waals surface area contributed by atoms with E-state index in [1.807, 2.05) is 27.7 Å². The Balaban J connectivity index is 1.87. The third-order valence-electron chi connectivity index (χ3n) is 11.0. The third-order valence-corrected chi connectivity index (χ3v) is 12.6. The number of nitrogens with two attached hydrogens (primary N) is 1. The highest BCUT2D eigenvalue weighted by molar-refractivity contribution is 7.53. The predicted octanol–water partition coefficient (Wildman–Crippen LogP) is -2.40. The van der Waals surface area contributed by atoms with Gasteiger partial charge >= 0.3 is 13.6 Å². The zero-order valence-electron chi connectivity index (χ0n) is 38.1. The van der Waals surface area contributed by atoms with Crippen molar-refractivity contribution in [3.05, 3.63) is 45.4 Å². The van der Waals surface area contributed by atoms with Gasteiger partial charge in [-0.15, -0.1) is 0 Å². The molecule has 3 amide bonds. The number of rotatable bonds is 25. The molecule has 8 unspecified atom stereocenters. The van der Waals surface area contributed by atoms with Crippen LogP contribution in [0.5, 0.6) is 0 Å². The number of hydrogen-bond donors (Lipinski definition) is 12. The second-order valence-electron chi connectivity index (χ2n) is 16.6. The van der Waals surface area contributed by atoms with Gasteiger partial charge in [-0.05, 0) is 58.9 Å². The highest BCUT2D eigenvalue weighted by Crippen LogP contribution is 2.53. The molecular formula is C40H65N6O21P. The monoisotopic (exact) mass is 996 g/mol. The molecule has 28 heteroatoms. The molecule has 0 aromatic heterocycles. The van der Waals surface area contributed by atoms with Crippen molar-refractivity contribution in [2.24, 2.45) is 10.8 Å². The quantitative estimate of drug-likeness (QED) is 0.0149. The predicted molar refractivity (Wildman–Crippen MR) is 231 cm³/mol. The lowest BCUT2D eigenvalue weighted by molar-refractivity contribution is -0.345. The van der Waals surface area contributed by atoms with E-state index >= 15 is 0 Å². The summed E-state index contributed by atoms with van der Waals surface area (Å²) in [4.78, 5) is 63.2. The smallest absolute Gasteiger partial charge is 0.359 e. The topological polar surface area (TPSA) is 431 Å². The molecule has 3 heterocycles. The van der Waals surface area contributed by atoms with Crippen LogP contribution in [0.25, 0.3) is 10.4 Å². The molecule has 17 atom stereocenters. The van der Waals surface area contributed by atoms with Gasteiger partial charge in [-0.25, -0.2) is 4.79 Å². The summed E-state index contributed by atoms with van der Waals surface area (Å²) in [6.07, 6.45) is -16.9. The molecule has 0 saturated carbocycles. The normalized spacial score (nSPS) is 33.6. The average molecular weight is 997 g/mol. The minimum Gasteiger partial charge on any atom is -0.479 e. The van der Waals surface area contributed by atoms with E-state index in [0.717, 1.165) is 25.3 Å². The van der Waals surface area contributed by atoms with Crippen LogP contribution in [-0.2, 0) is 56.7 Å². The number of nitrogens with zero attached hydrogens (tertiary/aromatic N) is 3. The number of hydrogen-bond acceptors (Lipinski definition) is 20. The molecule has 13 N–H and O–H groups in total. The first-order valence-electron chi connectivity index (χ1n) is 21.5. The Kier molecular flexibility index (Phi) is 23.5. The van der Waals surface area contributed by atoms with Crippen LogP contribution >= 0.6 is 7.60 Å². The van der Waals surface area contributed by atoms with Crippen molar-refractivity contribution in [2.45, 2.75) is 158 Å². The lowest BCUT2D eigenvalue weighted by Crippen LogP contribution is -2.70. The summed E-state index contributed by atoms with van der Waals surface area (Å²) < 4.78 is 53.0. The van der Waals surface area contributed by atoms with Crippen LogP contribution in [-0.4, -0.2) is 200 Å². The van der Waals surface area contributed by atoms with Crippen LogP contribution in [0.1, 0.15) is 60.3 Å². The molecule has 386 valence electrons. The minimum atomic E-state index is -5.50. The molecule has 0 aromatic rings. The maximum Gasteiger partial charge on any atom is 0.359 e. The van der Waals surface area contributed by atoms with Crippen molar-refractivity contribution in [3.8, 4) is 0 Å². The van der Waals surface area contributed by atoms with Crippen molar-refractivity contribution in [1.82, 2.24) is 10.6 Å². The van der Waals surface area contributed by atoms with Crippen molar-refractivity contribution < 1.29 is 102 Å². The van der Waals surface area contributed by atoms with Crippen LogP contribution in [0.15, 0.2) is 40.1 Å². The first-order valence-corrected chi connectivity index (χ1v) is 23.1. The summed E-state index contributed by atoms with van der Waals surface area (Å²) in [5.74, 6) is -7.42. The molecule has 3 aliphatic heterocycles. The molecule has 0 bridgehead atoms. The fourth-order valence-electron chi connectivity index (χ4n) is 7.31. The molecule has 3 aliphatic rings. The van der Waals surface area contributed by atoms with Crippen molar-refractivity contribution >= 4 is 31.3 Å². The lowest BCUT2D eigenvalue weighted by atomic mass is 9.94. The number of carboxylic acids is 1. The van der Waals surface area contributed by atoms with Gasteiger partial charge in [0.1, 0.15) is 73.6 Å². The molecule has 27 nitrogen and oxygen atoms in total. The van der Waals surface area contributed by atoms with E-state index in [-0.39, 0.29) is 6.61 Å². The number of carbonyl (C=O) groups is 4. The van der Waals surface area contributed by atoms with Gasteiger partial charge in [0.15, 0.2) is 30.6 Å². The second-order valence-corrected chi connectivity index (χ2v) is 18.5. The fraction of sp³-hybridized carbons (Fsp3) is 0.750. The van der Waals surface area contributed by atoms with Gasteiger partial charge < -0.3 is 95.1 Å². The molecule has 3 rings (SSSR count). The van der Waals surface area contributed by atoms with E-state index in [1.165, 1.54) is 11.1 Å². The average Bonchev–Trinajstić information content (AvgIpc) is 3.26. The molecule has 0 spiro atoms. The Morgan fingerprint density at radius 1 is 0.794 bits per heavy atom. The molecule has 0 radical (unpaired) electrons. The third kappa shape index (κ3) is 16.6. The van der Waals surface area contributed by atoms with E-state index in [0.29, 0.717) is 12.8 Å². The largest absolute Gasteiger partial charge is 0.479 e. The second kappa shape index (κ2) is 27.4. The molecule has 0 aliphatic carbocycles. The fourth-order valence-corrected chi connectivity index (χ4v) is 8.71. The summed E-state index contributed by atoms with van der Waals surface area (Å²) in [7, 11) is -5.50. The van der Waals surface area contributed by atoms with E-state index < -0.39 is 155 Å². The number of nitrogens with one attached hydrogen (secondary N) is 2. The van der Waals surface area contributed by atoms with E-state index in [9.17, 15) is 69.5 Å². The summed E-state index contributed by atoms with van der Waals surface area (Å²) in [5, 5.41) is 93.0. The van der Waals surface area contributed by atoms with Crippen LogP contribution < -0.4 is 16.4 Å². The van der Waals surface area contributed by atoms with Gasteiger partial charge in [0.25, 0.3) is 0 Å². The van der Waals surface area contributed by atoms with Crippen molar-refractivity contribution in [2.75, 3.05) is 33.0 Å². The molecule has 3 fully saturated rings. The molecule has 0 aromatic carbocycles. The highest BCUT2D eigenvalue weighted by Gasteiger charge is 2.58. The van der Waals surface area contributed by atoms with Gasteiger partial charge in [0, 0.05) is 11.8 Å². The number of aliphatic carboxylic acids is 1. The number of amides is 3. The van der Waals surface area contributed by atoms with Gasteiger partial charge in [0.2, 0.25) is 17.7 Å². The van der Waals surface area contributed by atoms with Gasteiger partial charge in [-0.2, -0.15) is 0 Å². The lowest BCUT2D eigenvalue weighted by Gasteiger charge is -2.49. The molecular weight excluding hydrogens is 931 g/mol. The Labute approximate surface area is 391 Å². The van der Waals surface area contributed by atoms with Crippen LogP contribution in [0.2, 0.25) is 0 Å². The Morgan fingerprint density at radius 2 is 1.37 bits per heavy atom. The number of carbonyl (C=O) groups excluding carboxylic acids is 3. The Bertz CT molecular complexity index is 1900. The number of azide groups is 1. The first kappa shape index (κ1) is 58.4. The minimum absolute atomic E-state index is 0.252. The SMILES string of the molecule is CC(=O)NC1C(O)[C@H](O[C@@H]2OC(CO)[C@H](O)C(O)[C@@H]2NC(=O)CN=[N+]=[N-])C(CO)O[C@H]1OC1[C@@H](O)[C@@H](O)C(C(N)=O)O[C@H]1P(=O)(O)OC[C@@H](OC/C=C(/C)CC/C=C(\C)CCC=C(C)C)C(=O)O. The number of primary amides is 1. The Hall–Kier alpha value is -3.96. The maximum atomic E-state index is 14.0. The number of aliphatic hydroxyl groups is 7. The maximum absolute atomic E-state index is 14.0. The number of aliphatic hydroxyl groups excluding tert-OH is 7. The van der Waals surface area contributed by atoms with E-state index in [4.69, 9.17) is 44.2 Å². The zero-order chi connectivity index (χ0) is 51.0. The van der Waals surface area contributed by atoms with Gasteiger partial charge in [-0.1, -0.05) is 40.1 Å². The standard InChI is InChI=1S/C40H65N6O21P/c1-18(2)8-6-9-19(3)10-7-11-20(4)12-13-61-24(37(57)58)17-62-68(59,60)40-35(32(55)31(54)34(67-40)36(41)56)66-39-27(44-21(5)49)30(53)33(23(16-48)64-39)65-38-26(45-25(50)14-43-46-42)29(52)28(51)22(15-47)63-38/h8,10,12,22-24,26-35,38-40,47-48,51-55H,6-7,9,11,13-17H2,1-5H3,(H2,41,56)(H,44,49)(H,45,50)(H,57,58)(H,59,60)/b19-10+,20-12-/t22?,23?,24-,26+,27?,28+,29?,30?,31-,32+,33-,34?,35?,38+,39+,40+/m1/s1. The number of carboxylic acid groups (broad SMARTS) is 1. The zero-order valence-corrected chi connectivity index (χ0v) is 39.0. The molecule has 3 saturated heterocycles. The first-order chi connectivity index (χ1) is 32.0. The molecule has 68 heavy (non-hydrogen) atoms. The summed E-state index contributed by atoms with van der Waals surface area (Å²) in [6.45, 7) is 4.74. The van der Waals surface area contributed by atoms with Crippen molar-refractivity contribution in [1.29, 1.82) is 0 Å². The summed E-state index contributed by atoms with van der Waals surface area (Å²) in [6, 6.07) is -3.56. The van der Waals surface area contributed by atoms with E-state index in [2.05, 4.69) is 32.8 Å². The van der Waals surface area contributed by atoms with Crippen LogP contribution in [0.4, 0.5) is 0 Å².